The lowest BCUT2D eigenvalue weighted by atomic mass is 10.00. The first-order valence-electron chi connectivity index (χ1n) is 12.9. The molecule has 0 saturated carbocycles. The molecule has 6 N–H and O–H groups in total. The number of carbonyl (C=O) groups is 2. The van der Waals surface area contributed by atoms with Gasteiger partial charge in [0.15, 0.2) is 22.8 Å². The van der Waals surface area contributed by atoms with Crippen LogP contribution < -0.4 is 16.6 Å². The number of alkyl halides is 2. The maximum Gasteiger partial charge on any atom is 0.406 e. The number of nitrogens with two attached hydrogens (primary N) is 2. The number of carbonyl (C=O) groups excluding carboxylic acids is 2. The summed E-state index contributed by atoms with van der Waals surface area (Å²) in [6.45, 7) is 9.03. The summed E-state index contributed by atoms with van der Waals surface area (Å²) in [6, 6.07) is -1.15. The van der Waals surface area contributed by atoms with Gasteiger partial charge in [0.25, 0.3) is 5.13 Å². The molecule has 2 aromatic rings. The molecule has 1 aliphatic rings. The predicted molar refractivity (Wildman–Crippen MR) is 154 cm³/mol. The molecule has 6 atom stereocenters. The second-order valence-corrected chi connectivity index (χ2v) is 14.2. The molecule has 19 heteroatoms. The zero-order valence-corrected chi connectivity index (χ0v) is 26.4. The van der Waals surface area contributed by atoms with E-state index in [1.807, 2.05) is 0 Å². The fourth-order valence-electron chi connectivity index (χ4n) is 3.65. The average Bonchev–Trinajstić information content (AvgIpc) is 3.37. The first-order chi connectivity index (χ1) is 19.4. The molecular weight excluding hydrogens is 620 g/mol. The highest BCUT2D eigenvalue weighted by atomic mass is 35.5. The van der Waals surface area contributed by atoms with E-state index >= 15 is 4.39 Å². The van der Waals surface area contributed by atoms with Crippen molar-refractivity contribution in [2.45, 2.75) is 77.3 Å². The number of thioether (sulfide) groups is 1. The molecule has 42 heavy (non-hydrogen) atoms. The smallest absolute Gasteiger partial charge is 0.406 e. The number of nitrogens with one attached hydrogen (secondary N) is 1. The second-order valence-electron chi connectivity index (χ2n) is 10.8. The van der Waals surface area contributed by atoms with Gasteiger partial charge in [0.1, 0.15) is 23.8 Å². The average molecular weight is 656 g/mol. The fraction of sp³-hybridized carbons (Fsp3) is 0.696. The van der Waals surface area contributed by atoms with Gasteiger partial charge in [0, 0.05) is 11.2 Å². The summed E-state index contributed by atoms with van der Waals surface area (Å²) in [6.07, 6.45) is -4.46. The highest BCUT2D eigenvalue weighted by Gasteiger charge is 2.58. The third kappa shape index (κ3) is 8.08. The Kier molecular flexibility index (Phi) is 10.9. The standard InChI is InChI=1S/C23H36ClFN7O8PS/c1-11(2)39-18(34)12(3)31-41(36,37-7-8-42-20(35)22(4,5)6)38-9-13-15(33)23(24,25)19(40-13)32-10-28-14-16(26)29-21(27)30-17(14)32/h10-13,15,19,33H,7-9H2,1-6H3,(H,31,36)(H4,26,27,29,30)/t12-,13+,15+,19+,23-,41-/m0/s1. The topological polar surface area (TPSA) is 216 Å². The number of rotatable bonds is 12. The van der Waals surface area contributed by atoms with Crippen LogP contribution >= 0.6 is 31.1 Å². The number of aliphatic hydroxyl groups excluding tert-OH is 1. The van der Waals surface area contributed by atoms with Crippen LogP contribution in [0.25, 0.3) is 11.2 Å². The van der Waals surface area contributed by atoms with Crippen LogP contribution in [0, 0.1) is 5.41 Å². The number of hydrogen-bond donors (Lipinski definition) is 4. The largest absolute Gasteiger partial charge is 0.462 e. The molecule has 236 valence electrons. The lowest BCUT2D eigenvalue weighted by Gasteiger charge is -2.25. The number of esters is 1. The van der Waals surface area contributed by atoms with Gasteiger partial charge in [-0.3, -0.25) is 23.2 Å². The minimum Gasteiger partial charge on any atom is -0.462 e. The highest BCUT2D eigenvalue weighted by molar-refractivity contribution is 8.13. The van der Waals surface area contributed by atoms with E-state index in [9.17, 15) is 19.3 Å². The normalized spacial score (nSPS) is 25.0. The van der Waals surface area contributed by atoms with Crippen molar-refractivity contribution < 1.29 is 42.2 Å². The van der Waals surface area contributed by atoms with Crippen LogP contribution in [-0.4, -0.2) is 84.2 Å². The number of anilines is 2. The van der Waals surface area contributed by atoms with Gasteiger partial charge < -0.3 is 26.0 Å². The summed E-state index contributed by atoms with van der Waals surface area (Å²) < 4.78 is 52.2. The Labute approximate surface area is 251 Å². The molecule has 1 aliphatic heterocycles. The summed E-state index contributed by atoms with van der Waals surface area (Å²) in [5.41, 5.74) is 11.0. The highest BCUT2D eigenvalue weighted by Crippen LogP contribution is 2.49. The Hall–Kier alpha value is -2.11. The number of halogens is 2. The van der Waals surface area contributed by atoms with Gasteiger partial charge in [-0.15, -0.1) is 0 Å². The first kappa shape index (κ1) is 34.4. The monoisotopic (exact) mass is 655 g/mol. The number of nitrogens with zero attached hydrogens (tertiary/aromatic N) is 4. The van der Waals surface area contributed by atoms with Crippen molar-refractivity contribution in [2.24, 2.45) is 5.41 Å². The van der Waals surface area contributed by atoms with E-state index in [-0.39, 0.29) is 40.4 Å². The van der Waals surface area contributed by atoms with Crippen molar-refractivity contribution in [1.29, 1.82) is 0 Å². The summed E-state index contributed by atoms with van der Waals surface area (Å²) in [5.74, 6) is -0.887. The zero-order chi connectivity index (χ0) is 31.6. The van der Waals surface area contributed by atoms with Crippen molar-refractivity contribution in [3.63, 3.8) is 0 Å². The van der Waals surface area contributed by atoms with E-state index in [1.54, 1.807) is 34.6 Å². The number of fused-ring (bicyclic) bond motifs is 1. The molecule has 1 fully saturated rings. The van der Waals surface area contributed by atoms with Gasteiger partial charge in [0.2, 0.25) is 5.95 Å². The zero-order valence-electron chi connectivity index (χ0n) is 23.9. The van der Waals surface area contributed by atoms with Crippen LogP contribution in [0.4, 0.5) is 16.2 Å². The van der Waals surface area contributed by atoms with Crippen LogP contribution in [0.3, 0.4) is 0 Å². The van der Waals surface area contributed by atoms with Crippen molar-refractivity contribution in [3.05, 3.63) is 6.33 Å². The van der Waals surface area contributed by atoms with Crippen LogP contribution in [0.2, 0.25) is 0 Å². The van der Waals surface area contributed by atoms with Gasteiger partial charge in [-0.05, 0) is 20.8 Å². The molecule has 0 radical (unpaired) electrons. The molecule has 3 heterocycles. The molecule has 15 nitrogen and oxygen atoms in total. The predicted octanol–water partition coefficient (Wildman–Crippen LogP) is 2.53. The lowest BCUT2D eigenvalue weighted by molar-refractivity contribution is -0.149. The van der Waals surface area contributed by atoms with Crippen molar-refractivity contribution in [1.82, 2.24) is 24.6 Å². The summed E-state index contributed by atoms with van der Waals surface area (Å²) in [4.78, 5) is 36.4. The number of nitrogen functional groups attached to an aromatic ring is 2. The molecule has 1 saturated heterocycles. The molecular formula is C23H36ClFN7O8PS. The van der Waals surface area contributed by atoms with Crippen molar-refractivity contribution in [3.8, 4) is 0 Å². The Morgan fingerprint density at radius 2 is 1.98 bits per heavy atom. The Morgan fingerprint density at radius 3 is 2.60 bits per heavy atom. The number of ether oxygens (including phenoxy) is 2. The number of aliphatic hydroxyl groups is 1. The summed E-state index contributed by atoms with van der Waals surface area (Å²) >= 11 is 7.05. The number of imidazole rings is 1. The SMILES string of the molecule is CC(C)OC(=O)[C@H](C)N[P@](=O)(OCCSC(=O)C(C)(C)C)OC[C@H]1O[C@@H](n2cnc3c(N)nc(N)nc32)[C@](F)(Cl)[C@@H]1O. The third-order valence-corrected chi connectivity index (χ3v) is 9.12. The Balaban J connectivity index is 1.76. The van der Waals surface area contributed by atoms with E-state index in [0.717, 1.165) is 22.7 Å². The number of aromatic nitrogens is 4. The van der Waals surface area contributed by atoms with Crippen LogP contribution in [0.1, 0.15) is 47.8 Å². The molecule has 0 aromatic carbocycles. The van der Waals surface area contributed by atoms with Crippen LogP contribution in [0.5, 0.6) is 0 Å². The molecule has 3 rings (SSSR count). The third-order valence-electron chi connectivity index (χ3n) is 5.75. The van der Waals surface area contributed by atoms with E-state index in [4.69, 9.17) is 41.6 Å². The van der Waals surface area contributed by atoms with Gasteiger partial charge in [-0.25, -0.2) is 19.0 Å². The molecule has 0 aliphatic carbocycles. The van der Waals surface area contributed by atoms with E-state index in [1.165, 1.54) is 6.92 Å². The van der Waals surface area contributed by atoms with Crippen molar-refractivity contribution in [2.75, 3.05) is 30.4 Å². The maximum absolute atomic E-state index is 15.7. The minimum absolute atomic E-state index is 0.00286. The number of hydrogen-bond acceptors (Lipinski definition) is 14. The summed E-state index contributed by atoms with van der Waals surface area (Å²) in [5, 5.41) is 10.1. The Bertz CT molecular complexity index is 1340. The lowest BCUT2D eigenvalue weighted by Crippen LogP contribution is -2.39. The van der Waals surface area contributed by atoms with Crippen molar-refractivity contribution >= 4 is 65.1 Å². The molecule has 0 unspecified atom stereocenters. The van der Waals surface area contributed by atoms with Gasteiger partial charge in [0.05, 0.1) is 25.6 Å². The van der Waals surface area contributed by atoms with Gasteiger partial charge >= 0.3 is 13.7 Å². The van der Waals surface area contributed by atoms with Gasteiger partial charge in [-0.1, -0.05) is 44.1 Å². The molecule has 0 amide bonds. The maximum atomic E-state index is 15.7. The van der Waals surface area contributed by atoms with E-state index in [0.29, 0.717) is 0 Å². The summed E-state index contributed by atoms with van der Waals surface area (Å²) in [7, 11) is -4.33. The van der Waals surface area contributed by atoms with Crippen LogP contribution in [-0.2, 0) is 32.7 Å². The van der Waals surface area contributed by atoms with Crippen LogP contribution in [0.15, 0.2) is 6.33 Å². The Morgan fingerprint density at radius 1 is 1.31 bits per heavy atom. The first-order valence-corrected chi connectivity index (χ1v) is 15.8. The van der Waals surface area contributed by atoms with E-state index < -0.39 is 61.4 Å². The quantitative estimate of drug-likeness (QED) is 0.112. The molecule has 0 bridgehead atoms. The molecule has 0 spiro atoms. The minimum atomic E-state index is -4.33. The van der Waals surface area contributed by atoms with Gasteiger partial charge in [-0.2, -0.15) is 9.97 Å². The fourth-order valence-corrected chi connectivity index (χ4v) is 6.33. The van der Waals surface area contributed by atoms with E-state index in [2.05, 4.69) is 20.0 Å². The second kappa shape index (κ2) is 13.3. The molecule has 2 aromatic heterocycles.